The van der Waals surface area contributed by atoms with Crippen molar-refractivity contribution in [3.05, 3.63) is 0 Å². The molecule has 0 spiro atoms. The number of hydrogen-bond acceptors (Lipinski definition) is 0. The van der Waals surface area contributed by atoms with Crippen molar-refractivity contribution in [2.24, 2.45) is 17.8 Å². The van der Waals surface area contributed by atoms with Gasteiger partial charge in [0.05, 0.1) is 0 Å². The summed E-state index contributed by atoms with van der Waals surface area (Å²) in [6, 6.07) is 0. The number of hydrogen-bond donors (Lipinski definition) is 0. The maximum absolute atomic E-state index is 2.43. The fourth-order valence-corrected chi connectivity index (χ4v) is 2.39. The predicted octanol–water partition coefficient (Wildman–Crippen LogP) is 5.67. The molecular weight excluding hydrogens is 180 g/mol. The lowest BCUT2D eigenvalue weighted by molar-refractivity contribution is 0.309. The Labute approximate surface area is 97.8 Å². The van der Waals surface area contributed by atoms with Crippen molar-refractivity contribution in [2.45, 2.75) is 79.6 Å². The molecule has 0 rings (SSSR count). The van der Waals surface area contributed by atoms with Gasteiger partial charge < -0.3 is 0 Å². The average Bonchev–Trinajstić information content (AvgIpc) is 2.18. The molecule has 0 radical (unpaired) electrons. The van der Waals surface area contributed by atoms with Gasteiger partial charge in [-0.1, -0.05) is 73.1 Å². The highest BCUT2D eigenvalue weighted by Gasteiger charge is 2.12. The zero-order chi connectivity index (χ0) is 11.7. The molecule has 0 heterocycles. The highest BCUT2D eigenvalue weighted by molar-refractivity contribution is 4.64. The second-order valence-electron chi connectivity index (χ2n) is 5.59. The standard InChI is InChI=1S/C15H32/c1-6-8-9-10-14(5)11-12-15(7-2)13(3)4/h13-15H,6-12H2,1-5H3. The summed E-state index contributed by atoms with van der Waals surface area (Å²) in [4.78, 5) is 0. The van der Waals surface area contributed by atoms with Crippen LogP contribution in [0.5, 0.6) is 0 Å². The first kappa shape index (κ1) is 15.0. The van der Waals surface area contributed by atoms with E-state index in [0.717, 1.165) is 17.8 Å². The second-order valence-corrected chi connectivity index (χ2v) is 5.59. The molecular formula is C15H32. The molecule has 0 heteroatoms. The van der Waals surface area contributed by atoms with Crippen molar-refractivity contribution in [1.82, 2.24) is 0 Å². The van der Waals surface area contributed by atoms with Crippen LogP contribution in [0.25, 0.3) is 0 Å². The summed E-state index contributed by atoms with van der Waals surface area (Å²) in [5, 5.41) is 0. The summed E-state index contributed by atoms with van der Waals surface area (Å²) in [5.41, 5.74) is 0. The minimum Gasteiger partial charge on any atom is -0.0654 e. The molecule has 0 saturated heterocycles. The molecule has 0 aliphatic rings. The Hall–Kier alpha value is 0. The molecule has 0 aliphatic carbocycles. The van der Waals surface area contributed by atoms with Crippen molar-refractivity contribution in [3.63, 3.8) is 0 Å². The molecule has 0 fully saturated rings. The fourth-order valence-electron chi connectivity index (χ4n) is 2.39. The molecule has 0 aromatic carbocycles. The molecule has 0 nitrogen and oxygen atoms in total. The molecule has 15 heavy (non-hydrogen) atoms. The maximum Gasteiger partial charge on any atom is -0.0394 e. The van der Waals surface area contributed by atoms with Crippen molar-refractivity contribution in [2.75, 3.05) is 0 Å². The van der Waals surface area contributed by atoms with Crippen LogP contribution < -0.4 is 0 Å². The minimum atomic E-state index is 0.873. The zero-order valence-electron chi connectivity index (χ0n) is 11.7. The van der Waals surface area contributed by atoms with Gasteiger partial charge in [0, 0.05) is 0 Å². The van der Waals surface area contributed by atoms with Crippen molar-refractivity contribution in [1.29, 1.82) is 0 Å². The van der Waals surface area contributed by atoms with Crippen LogP contribution >= 0.6 is 0 Å². The first-order valence-electron chi connectivity index (χ1n) is 7.11. The van der Waals surface area contributed by atoms with Gasteiger partial charge in [0.2, 0.25) is 0 Å². The van der Waals surface area contributed by atoms with Crippen molar-refractivity contribution >= 4 is 0 Å². The van der Waals surface area contributed by atoms with E-state index in [9.17, 15) is 0 Å². The summed E-state index contributed by atoms with van der Waals surface area (Å²) < 4.78 is 0. The molecule has 2 atom stereocenters. The third kappa shape index (κ3) is 7.88. The van der Waals surface area contributed by atoms with Crippen LogP contribution in [0.3, 0.4) is 0 Å². The quantitative estimate of drug-likeness (QED) is 0.432. The van der Waals surface area contributed by atoms with E-state index in [1.54, 1.807) is 0 Å². The van der Waals surface area contributed by atoms with E-state index in [1.165, 1.54) is 44.9 Å². The Bertz CT molecular complexity index is 126. The summed E-state index contributed by atoms with van der Waals surface area (Å²) in [5.74, 6) is 2.78. The Balaban J connectivity index is 3.54. The Kier molecular flexibility index (Phi) is 9.24. The average molecular weight is 212 g/mol. The predicted molar refractivity (Wildman–Crippen MR) is 71.2 cm³/mol. The normalized spacial score (nSPS) is 15.6. The first-order chi connectivity index (χ1) is 7.11. The van der Waals surface area contributed by atoms with Gasteiger partial charge in [0.25, 0.3) is 0 Å². The highest BCUT2D eigenvalue weighted by atomic mass is 14.2. The molecule has 92 valence electrons. The van der Waals surface area contributed by atoms with Gasteiger partial charge in [0.1, 0.15) is 0 Å². The summed E-state index contributed by atoms with van der Waals surface area (Å²) in [6.45, 7) is 11.8. The molecule has 2 unspecified atom stereocenters. The van der Waals surface area contributed by atoms with Gasteiger partial charge in [-0.3, -0.25) is 0 Å². The van der Waals surface area contributed by atoms with Crippen LogP contribution in [0.1, 0.15) is 79.6 Å². The lowest BCUT2D eigenvalue weighted by Gasteiger charge is -2.21. The van der Waals surface area contributed by atoms with Crippen LogP contribution in [-0.4, -0.2) is 0 Å². The largest absolute Gasteiger partial charge is 0.0654 e. The molecule has 0 aromatic rings. The van der Waals surface area contributed by atoms with Gasteiger partial charge in [0.15, 0.2) is 0 Å². The van der Waals surface area contributed by atoms with Gasteiger partial charge in [-0.25, -0.2) is 0 Å². The molecule has 0 amide bonds. The zero-order valence-corrected chi connectivity index (χ0v) is 11.7. The lowest BCUT2D eigenvalue weighted by atomic mass is 9.85. The molecule has 0 aromatic heterocycles. The van der Waals surface area contributed by atoms with Crippen molar-refractivity contribution < 1.29 is 0 Å². The second kappa shape index (κ2) is 9.24. The van der Waals surface area contributed by atoms with Crippen LogP contribution in [0.2, 0.25) is 0 Å². The Morgan fingerprint density at radius 2 is 1.47 bits per heavy atom. The van der Waals surface area contributed by atoms with Crippen LogP contribution in [0.15, 0.2) is 0 Å². The molecule has 0 aliphatic heterocycles. The number of rotatable bonds is 9. The fraction of sp³-hybridized carbons (Fsp3) is 1.00. The van der Waals surface area contributed by atoms with E-state index >= 15 is 0 Å². The van der Waals surface area contributed by atoms with Crippen LogP contribution in [0.4, 0.5) is 0 Å². The van der Waals surface area contributed by atoms with Gasteiger partial charge in [-0.05, 0) is 24.2 Å². The van der Waals surface area contributed by atoms with Gasteiger partial charge >= 0.3 is 0 Å². The minimum absolute atomic E-state index is 0.873. The maximum atomic E-state index is 2.43. The third-order valence-electron chi connectivity index (χ3n) is 3.80. The SMILES string of the molecule is CCCCCC(C)CCC(CC)C(C)C. The molecule has 0 bridgehead atoms. The summed E-state index contributed by atoms with van der Waals surface area (Å²) >= 11 is 0. The van der Waals surface area contributed by atoms with E-state index in [0.29, 0.717) is 0 Å². The van der Waals surface area contributed by atoms with E-state index in [1.807, 2.05) is 0 Å². The van der Waals surface area contributed by atoms with E-state index in [-0.39, 0.29) is 0 Å². The summed E-state index contributed by atoms with van der Waals surface area (Å²) in [7, 11) is 0. The lowest BCUT2D eigenvalue weighted by Crippen LogP contribution is -2.09. The summed E-state index contributed by atoms with van der Waals surface area (Å²) in [6.07, 6.45) is 9.92. The topological polar surface area (TPSA) is 0 Å². The van der Waals surface area contributed by atoms with Gasteiger partial charge in [-0.15, -0.1) is 0 Å². The van der Waals surface area contributed by atoms with E-state index in [4.69, 9.17) is 0 Å². The van der Waals surface area contributed by atoms with Crippen LogP contribution in [-0.2, 0) is 0 Å². The third-order valence-corrected chi connectivity index (χ3v) is 3.80. The molecule has 0 N–H and O–H groups in total. The van der Waals surface area contributed by atoms with Crippen LogP contribution in [0, 0.1) is 17.8 Å². The number of unbranched alkanes of at least 4 members (excludes halogenated alkanes) is 2. The Morgan fingerprint density at radius 3 is 1.93 bits per heavy atom. The van der Waals surface area contributed by atoms with E-state index < -0.39 is 0 Å². The smallest absolute Gasteiger partial charge is 0.0394 e. The van der Waals surface area contributed by atoms with E-state index in [2.05, 4.69) is 34.6 Å². The first-order valence-corrected chi connectivity index (χ1v) is 7.11. The Morgan fingerprint density at radius 1 is 0.800 bits per heavy atom. The van der Waals surface area contributed by atoms with Gasteiger partial charge in [-0.2, -0.15) is 0 Å². The van der Waals surface area contributed by atoms with Crippen molar-refractivity contribution in [3.8, 4) is 0 Å². The monoisotopic (exact) mass is 212 g/mol. The molecule has 0 saturated carbocycles. The highest BCUT2D eigenvalue weighted by Crippen LogP contribution is 2.24.